The molecule has 2 nitrogen and oxygen atoms in total. The highest BCUT2D eigenvalue weighted by atomic mass is 16.5. The van der Waals surface area contributed by atoms with E-state index in [-0.39, 0.29) is 5.60 Å². The van der Waals surface area contributed by atoms with E-state index in [9.17, 15) is 0 Å². The smallest absolute Gasteiger partial charge is 0.0738 e. The molecule has 1 spiro atoms. The minimum Gasteiger partial charge on any atom is -0.370 e. The Morgan fingerprint density at radius 2 is 2.07 bits per heavy atom. The molecule has 82 valence electrons. The molecule has 2 atom stereocenters. The van der Waals surface area contributed by atoms with E-state index in [4.69, 9.17) is 4.74 Å². The Kier molecular flexibility index (Phi) is 2.61. The Balaban J connectivity index is 1.88. The summed E-state index contributed by atoms with van der Waals surface area (Å²) in [6, 6.07) is 0. The molecule has 0 bridgehead atoms. The SMILES string of the molecule is CCNCC1CCC2(CCC2(C)C)O1. The van der Waals surface area contributed by atoms with Gasteiger partial charge in [0.1, 0.15) is 0 Å². The third-order valence-corrected chi connectivity index (χ3v) is 4.27. The van der Waals surface area contributed by atoms with Crippen molar-refractivity contribution >= 4 is 0 Å². The minimum atomic E-state index is 0.243. The fourth-order valence-electron chi connectivity index (χ4n) is 2.87. The van der Waals surface area contributed by atoms with Crippen LogP contribution in [0.15, 0.2) is 0 Å². The minimum absolute atomic E-state index is 0.243. The molecule has 0 radical (unpaired) electrons. The summed E-state index contributed by atoms with van der Waals surface area (Å²) in [6.45, 7) is 8.95. The topological polar surface area (TPSA) is 21.3 Å². The first kappa shape index (κ1) is 10.4. The van der Waals surface area contributed by atoms with Crippen LogP contribution in [0.2, 0.25) is 0 Å². The summed E-state index contributed by atoms with van der Waals surface area (Å²) >= 11 is 0. The van der Waals surface area contributed by atoms with Gasteiger partial charge in [-0.05, 0) is 37.6 Å². The van der Waals surface area contributed by atoms with Gasteiger partial charge in [-0.15, -0.1) is 0 Å². The molecule has 0 aromatic heterocycles. The number of hydrogen-bond donors (Lipinski definition) is 1. The Morgan fingerprint density at radius 1 is 1.29 bits per heavy atom. The predicted molar refractivity (Wildman–Crippen MR) is 58.4 cm³/mol. The summed E-state index contributed by atoms with van der Waals surface area (Å²) in [5.74, 6) is 0. The molecule has 1 N–H and O–H groups in total. The molecule has 0 aromatic carbocycles. The maximum absolute atomic E-state index is 6.24. The van der Waals surface area contributed by atoms with Crippen LogP contribution in [0.3, 0.4) is 0 Å². The highest BCUT2D eigenvalue weighted by Crippen LogP contribution is 2.57. The normalized spacial score (nSPS) is 40.1. The van der Waals surface area contributed by atoms with E-state index in [2.05, 4.69) is 26.1 Å². The largest absolute Gasteiger partial charge is 0.370 e. The van der Waals surface area contributed by atoms with E-state index < -0.39 is 0 Å². The van der Waals surface area contributed by atoms with Crippen LogP contribution in [0.5, 0.6) is 0 Å². The number of likely N-dealkylation sites (N-methyl/N-ethyl adjacent to an activating group) is 1. The first-order valence-corrected chi connectivity index (χ1v) is 5.98. The summed E-state index contributed by atoms with van der Waals surface area (Å²) in [6.07, 6.45) is 5.60. The van der Waals surface area contributed by atoms with Crippen molar-refractivity contribution in [2.45, 2.75) is 58.2 Å². The van der Waals surface area contributed by atoms with Gasteiger partial charge in [-0.25, -0.2) is 0 Å². The lowest BCUT2D eigenvalue weighted by atomic mass is 9.58. The van der Waals surface area contributed by atoms with Gasteiger partial charge in [-0.1, -0.05) is 20.8 Å². The van der Waals surface area contributed by atoms with Crippen LogP contribution in [0.1, 0.15) is 46.5 Å². The van der Waals surface area contributed by atoms with Crippen LogP contribution in [0.4, 0.5) is 0 Å². The number of nitrogens with one attached hydrogen (secondary N) is 1. The standard InChI is InChI=1S/C12H23NO/c1-4-13-9-10-5-6-12(14-10)8-7-11(12,2)3/h10,13H,4-9H2,1-3H3. The van der Waals surface area contributed by atoms with Crippen LogP contribution >= 0.6 is 0 Å². The van der Waals surface area contributed by atoms with Crippen molar-refractivity contribution in [2.75, 3.05) is 13.1 Å². The second-order valence-electron chi connectivity index (χ2n) is 5.46. The highest BCUT2D eigenvalue weighted by Gasteiger charge is 2.57. The Labute approximate surface area is 87.4 Å². The molecule has 1 saturated heterocycles. The van der Waals surface area contributed by atoms with Gasteiger partial charge in [0.05, 0.1) is 11.7 Å². The average molecular weight is 197 g/mol. The zero-order valence-electron chi connectivity index (χ0n) is 9.73. The van der Waals surface area contributed by atoms with Crippen molar-refractivity contribution < 1.29 is 4.74 Å². The van der Waals surface area contributed by atoms with Gasteiger partial charge in [0.2, 0.25) is 0 Å². The van der Waals surface area contributed by atoms with E-state index in [1.54, 1.807) is 0 Å². The fourth-order valence-corrected chi connectivity index (χ4v) is 2.87. The molecule has 2 rings (SSSR count). The van der Waals surface area contributed by atoms with Crippen LogP contribution in [-0.4, -0.2) is 24.8 Å². The molecule has 2 aliphatic rings. The zero-order chi connectivity index (χ0) is 10.2. The van der Waals surface area contributed by atoms with Gasteiger partial charge in [0.25, 0.3) is 0 Å². The molecule has 1 aliphatic heterocycles. The third kappa shape index (κ3) is 1.49. The first-order chi connectivity index (χ1) is 6.60. The van der Waals surface area contributed by atoms with Gasteiger partial charge in [-0.3, -0.25) is 0 Å². The van der Waals surface area contributed by atoms with Gasteiger partial charge in [0.15, 0.2) is 0 Å². The van der Waals surface area contributed by atoms with E-state index in [1.165, 1.54) is 25.7 Å². The molecule has 1 heterocycles. The van der Waals surface area contributed by atoms with Crippen molar-refractivity contribution in [3.8, 4) is 0 Å². The molecular weight excluding hydrogens is 174 g/mol. The Bertz CT molecular complexity index is 214. The van der Waals surface area contributed by atoms with Crippen LogP contribution in [0.25, 0.3) is 0 Å². The molecule has 1 aliphatic carbocycles. The van der Waals surface area contributed by atoms with Crippen LogP contribution in [-0.2, 0) is 4.74 Å². The van der Waals surface area contributed by atoms with E-state index in [0.29, 0.717) is 11.5 Å². The maximum atomic E-state index is 6.24. The van der Waals surface area contributed by atoms with Crippen LogP contribution in [0, 0.1) is 5.41 Å². The number of hydrogen-bond acceptors (Lipinski definition) is 2. The number of ether oxygens (including phenoxy) is 1. The summed E-state index contributed by atoms with van der Waals surface area (Å²) in [7, 11) is 0. The van der Waals surface area contributed by atoms with Gasteiger partial charge in [0, 0.05) is 6.54 Å². The van der Waals surface area contributed by atoms with Crippen molar-refractivity contribution in [2.24, 2.45) is 5.41 Å². The second kappa shape index (κ2) is 3.49. The van der Waals surface area contributed by atoms with Crippen LogP contribution < -0.4 is 5.32 Å². The lowest BCUT2D eigenvalue weighted by Gasteiger charge is -2.53. The molecule has 0 amide bonds. The van der Waals surface area contributed by atoms with E-state index >= 15 is 0 Å². The summed E-state index contributed by atoms with van der Waals surface area (Å²) in [5, 5.41) is 3.38. The molecule has 2 heteroatoms. The second-order valence-corrected chi connectivity index (χ2v) is 5.46. The number of rotatable bonds is 3. The summed E-state index contributed by atoms with van der Waals surface area (Å²) < 4.78 is 6.24. The molecule has 2 fully saturated rings. The van der Waals surface area contributed by atoms with Gasteiger partial charge in [-0.2, -0.15) is 0 Å². The van der Waals surface area contributed by atoms with Crippen molar-refractivity contribution in [3.63, 3.8) is 0 Å². The zero-order valence-corrected chi connectivity index (χ0v) is 9.73. The summed E-state index contributed by atoms with van der Waals surface area (Å²) in [5.41, 5.74) is 0.668. The molecule has 0 aromatic rings. The fraction of sp³-hybridized carbons (Fsp3) is 1.00. The van der Waals surface area contributed by atoms with Gasteiger partial charge >= 0.3 is 0 Å². The third-order valence-electron chi connectivity index (χ3n) is 4.27. The maximum Gasteiger partial charge on any atom is 0.0738 e. The lowest BCUT2D eigenvalue weighted by molar-refractivity contribution is -0.178. The Hall–Kier alpha value is -0.0800. The quantitative estimate of drug-likeness (QED) is 0.750. The van der Waals surface area contributed by atoms with E-state index in [0.717, 1.165) is 13.1 Å². The molecule has 14 heavy (non-hydrogen) atoms. The molecular formula is C12H23NO. The van der Waals surface area contributed by atoms with E-state index in [1.807, 2.05) is 0 Å². The highest BCUT2D eigenvalue weighted by molar-refractivity contribution is 5.07. The Morgan fingerprint density at radius 3 is 2.50 bits per heavy atom. The first-order valence-electron chi connectivity index (χ1n) is 5.98. The van der Waals surface area contributed by atoms with Crippen molar-refractivity contribution in [3.05, 3.63) is 0 Å². The monoisotopic (exact) mass is 197 g/mol. The average Bonchev–Trinajstić information content (AvgIpc) is 2.60. The van der Waals surface area contributed by atoms with Gasteiger partial charge < -0.3 is 10.1 Å². The van der Waals surface area contributed by atoms with Crippen molar-refractivity contribution in [1.82, 2.24) is 5.32 Å². The van der Waals surface area contributed by atoms with Crippen molar-refractivity contribution in [1.29, 1.82) is 0 Å². The lowest BCUT2D eigenvalue weighted by Crippen LogP contribution is -2.54. The predicted octanol–water partition coefficient (Wildman–Crippen LogP) is 2.33. The molecule has 1 saturated carbocycles. The summed E-state index contributed by atoms with van der Waals surface area (Å²) in [4.78, 5) is 0. The molecule has 2 unspecified atom stereocenters.